The molecule has 0 bridgehead atoms. The van der Waals surface area contributed by atoms with Crippen LogP contribution in [0.4, 0.5) is 0 Å². The van der Waals surface area contributed by atoms with Gasteiger partial charge >= 0.3 is 0 Å². The van der Waals surface area contributed by atoms with Gasteiger partial charge in [-0.15, -0.1) is 0 Å². The molecule has 1 aromatic carbocycles. The Morgan fingerprint density at radius 1 is 1.24 bits per heavy atom. The lowest BCUT2D eigenvalue weighted by atomic mass is 9.92. The molecule has 17 heavy (non-hydrogen) atoms. The van der Waals surface area contributed by atoms with Crippen molar-refractivity contribution in [2.45, 2.75) is 25.7 Å². The number of hydrogen-bond acceptors (Lipinski definition) is 3. The van der Waals surface area contributed by atoms with E-state index in [4.69, 9.17) is 0 Å². The lowest BCUT2D eigenvalue weighted by molar-refractivity contribution is -0.123. The minimum atomic E-state index is -3.57. The zero-order chi connectivity index (χ0) is 13.3. The molecule has 3 nitrogen and oxygen atoms in total. The second-order valence-corrected chi connectivity index (χ2v) is 7.68. The molecule has 0 N–H and O–H groups in total. The van der Waals surface area contributed by atoms with Gasteiger partial charge in [-0.05, 0) is 28.1 Å². The maximum absolute atomic E-state index is 12.1. The van der Waals surface area contributed by atoms with Crippen LogP contribution >= 0.6 is 15.9 Å². The summed E-state index contributed by atoms with van der Waals surface area (Å²) < 4.78 is 24.6. The highest BCUT2D eigenvalue weighted by Gasteiger charge is 2.28. The Hall–Kier alpha value is -0.680. The average Bonchev–Trinajstić information content (AvgIpc) is 2.15. The summed E-state index contributed by atoms with van der Waals surface area (Å²) in [5.41, 5.74) is -0.645. The van der Waals surface area contributed by atoms with Crippen LogP contribution < -0.4 is 0 Å². The van der Waals surface area contributed by atoms with Gasteiger partial charge in [0.25, 0.3) is 0 Å². The Kier molecular flexibility index (Phi) is 4.15. The summed E-state index contributed by atoms with van der Waals surface area (Å²) >= 11 is 3.18. The summed E-state index contributed by atoms with van der Waals surface area (Å²) in [4.78, 5) is 11.9. The molecule has 0 atom stereocenters. The van der Waals surface area contributed by atoms with E-state index in [-0.39, 0.29) is 10.7 Å². The molecule has 0 aliphatic carbocycles. The Labute approximate surface area is 110 Å². The van der Waals surface area contributed by atoms with Crippen molar-refractivity contribution in [2.75, 3.05) is 5.75 Å². The van der Waals surface area contributed by atoms with Crippen LogP contribution in [0.2, 0.25) is 0 Å². The molecule has 5 heteroatoms. The van der Waals surface area contributed by atoms with E-state index in [1.165, 1.54) is 6.07 Å². The fourth-order valence-electron chi connectivity index (χ4n) is 1.16. The molecular formula is C12H15BrO3S. The molecule has 0 aromatic heterocycles. The monoisotopic (exact) mass is 318 g/mol. The SMILES string of the molecule is CC(C)(C)C(=O)CS(=O)(=O)c1ccccc1Br. The van der Waals surface area contributed by atoms with Gasteiger partial charge in [0.05, 0.1) is 4.90 Å². The number of halogens is 1. The van der Waals surface area contributed by atoms with Gasteiger partial charge in [0.2, 0.25) is 0 Å². The maximum atomic E-state index is 12.1. The summed E-state index contributed by atoms with van der Waals surface area (Å²) in [5.74, 6) is -0.743. The van der Waals surface area contributed by atoms with Crippen LogP contribution in [0.1, 0.15) is 20.8 Å². The molecule has 0 aliphatic rings. The molecular weight excluding hydrogens is 304 g/mol. The number of rotatable bonds is 3. The molecule has 94 valence electrons. The van der Waals surface area contributed by atoms with Crippen molar-refractivity contribution in [3.63, 3.8) is 0 Å². The zero-order valence-corrected chi connectivity index (χ0v) is 12.4. The van der Waals surface area contributed by atoms with Crippen LogP contribution in [0.25, 0.3) is 0 Å². The molecule has 0 fully saturated rings. The van der Waals surface area contributed by atoms with Crippen LogP contribution in [0.15, 0.2) is 33.6 Å². The number of ketones is 1. The standard InChI is InChI=1S/C12H15BrO3S/c1-12(2,3)11(14)8-17(15,16)10-7-5-4-6-9(10)13/h4-7H,8H2,1-3H3. The van der Waals surface area contributed by atoms with Crippen LogP contribution in [0.5, 0.6) is 0 Å². The number of sulfone groups is 1. The van der Waals surface area contributed by atoms with Crippen molar-refractivity contribution >= 4 is 31.6 Å². The van der Waals surface area contributed by atoms with Gasteiger partial charge < -0.3 is 0 Å². The molecule has 0 unspecified atom stereocenters. The first-order valence-electron chi connectivity index (χ1n) is 5.15. The van der Waals surface area contributed by atoms with Crippen molar-refractivity contribution in [1.29, 1.82) is 0 Å². The smallest absolute Gasteiger partial charge is 0.186 e. The highest BCUT2D eigenvalue weighted by Crippen LogP contribution is 2.24. The van der Waals surface area contributed by atoms with E-state index in [1.54, 1.807) is 39.0 Å². The van der Waals surface area contributed by atoms with Gasteiger partial charge in [0, 0.05) is 9.89 Å². The minimum Gasteiger partial charge on any atom is -0.298 e. The largest absolute Gasteiger partial charge is 0.298 e. The number of Topliss-reactive ketones (excluding diaryl/α,β-unsaturated/α-hetero) is 1. The van der Waals surface area contributed by atoms with Crippen molar-refractivity contribution < 1.29 is 13.2 Å². The lowest BCUT2D eigenvalue weighted by Crippen LogP contribution is -2.28. The van der Waals surface area contributed by atoms with Crippen LogP contribution in [-0.4, -0.2) is 20.0 Å². The first kappa shape index (κ1) is 14.4. The highest BCUT2D eigenvalue weighted by atomic mass is 79.9. The van der Waals surface area contributed by atoms with Gasteiger partial charge in [0.1, 0.15) is 5.75 Å². The van der Waals surface area contributed by atoms with Gasteiger partial charge in [-0.3, -0.25) is 4.79 Å². The van der Waals surface area contributed by atoms with Gasteiger partial charge in [-0.1, -0.05) is 32.9 Å². The predicted molar refractivity (Wildman–Crippen MR) is 70.7 cm³/mol. The summed E-state index contributed by atoms with van der Waals surface area (Å²) in [5, 5.41) is 0. The number of carbonyl (C=O) groups is 1. The number of hydrogen-bond donors (Lipinski definition) is 0. The summed E-state index contributed by atoms with van der Waals surface area (Å²) in [6.45, 7) is 5.14. The number of carbonyl (C=O) groups excluding carboxylic acids is 1. The molecule has 1 aromatic rings. The fraction of sp³-hybridized carbons (Fsp3) is 0.417. The second kappa shape index (κ2) is 4.90. The third-order valence-corrected chi connectivity index (χ3v) is 4.95. The predicted octanol–water partition coefficient (Wildman–Crippen LogP) is 2.84. The van der Waals surface area contributed by atoms with Gasteiger partial charge in [-0.25, -0.2) is 8.42 Å². The molecule has 0 radical (unpaired) electrons. The fourth-order valence-corrected chi connectivity index (χ4v) is 3.77. The topological polar surface area (TPSA) is 51.2 Å². The van der Waals surface area contributed by atoms with Crippen molar-refractivity contribution in [2.24, 2.45) is 5.41 Å². The van der Waals surface area contributed by atoms with E-state index in [0.717, 1.165) is 0 Å². The van der Waals surface area contributed by atoms with Crippen LogP contribution in [0, 0.1) is 5.41 Å². The summed E-state index contributed by atoms with van der Waals surface area (Å²) in [6, 6.07) is 6.51. The van der Waals surface area contributed by atoms with Crippen LogP contribution in [-0.2, 0) is 14.6 Å². The summed E-state index contributed by atoms with van der Waals surface area (Å²) in [6.07, 6.45) is 0. The average molecular weight is 319 g/mol. The Balaban J connectivity index is 3.07. The lowest BCUT2D eigenvalue weighted by Gasteiger charge is -2.16. The first-order valence-corrected chi connectivity index (χ1v) is 7.60. The third kappa shape index (κ3) is 3.64. The molecule has 0 saturated carbocycles. The maximum Gasteiger partial charge on any atom is 0.186 e. The minimum absolute atomic E-state index is 0.164. The molecule has 0 heterocycles. The van der Waals surface area contributed by atoms with Gasteiger partial charge in [-0.2, -0.15) is 0 Å². The normalized spacial score (nSPS) is 12.5. The zero-order valence-electron chi connectivity index (χ0n) is 10.0. The quantitative estimate of drug-likeness (QED) is 0.861. The van der Waals surface area contributed by atoms with E-state index in [0.29, 0.717) is 4.47 Å². The van der Waals surface area contributed by atoms with E-state index < -0.39 is 21.0 Å². The van der Waals surface area contributed by atoms with E-state index in [9.17, 15) is 13.2 Å². The van der Waals surface area contributed by atoms with Gasteiger partial charge in [0.15, 0.2) is 15.6 Å². The molecule has 0 amide bonds. The highest BCUT2D eigenvalue weighted by molar-refractivity contribution is 9.10. The third-order valence-electron chi connectivity index (χ3n) is 2.33. The van der Waals surface area contributed by atoms with E-state index >= 15 is 0 Å². The van der Waals surface area contributed by atoms with Crippen molar-refractivity contribution in [3.05, 3.63) is 28.7 Å². The Morgan fingerprint density at radius 2 is 1.76 bits per heavy atom. The Morgan fingerprint density at radius 3 is 2.24 bits per heavy atom. The molecule has 1 rings (SSSR count). The summed E-state index contributed by atoms with van der Waals surface area (Å²) in [7, 11) is -3.57. The van der Waals surface area contributed by atoms with E-state index in [2.05, 4.69) is 15.9 Å². The van der Waals surface area contributed by atoms with Crippen LogP contribution in [0.3, 0.4) is 0 Å². The van der Waals surface area contributed by atoms with E-state index in [1.807, 2.05) is 0 Å². The number of benzene rings is 1. The molecule has 0 aliphatic heterocycles. The molecule has 0 saturated heterocycles. The first-order chi connectivity index (χ1) is 7.64. The molecule has 0 spiro atoms. The van der Waals surface area contributed by atoms with Crippen molar-refractivity contribution in [1.82, 2.24) is 0 Å². The second-order valence-electron chi connectivity index (χ2n) is 4.86. The van der Waals surface area contributed by atoms with Crippen molar-refractivity contribution in [3.8, 4) is 0 Å². The Bertz CT molecular complexity index is 527.